The van der Waals surface area contributed by atoms with Crippen LogP contribution in [-0.2, 0) is 13.1 Å². The van der Waals surface area contributed by atoms with Crippen LogP contribution in [-0.4, -0.2) is 4.98 Å². The molecule has 0 amide bonds. The number of aromatic nitrogens is 1. The van der Waals surface area contributed by atoms with Crippen molar-refractivity contribution in [1.29, 1.82) is 0 Å². The van der Waals surface area contributed by atoms with E-state index in [0.29, 0.717) is 18.1 Å². The first-order chi connectivity index (χ1) is 8.65. The van der Waals surface area contributed by atoms with Gasteiger partial charge in [0, 0.05) is 30.0 Å². The minimum atomic E-state index is -0.270. The molecule has 1 heterocycles. The fourth-order valence-electron chi connectivity index (χ4n) is 1.62. The standard InChI is InChI=1S/C14H14ClFN2/c1-10-2-3-11(8-18-10)7-17-9-12-6-13(16)4-5-14(12)15/h2-6,8,17H,7,9H2,1H3. The number of hydrogen-bond donors (Lipinski definition) is 1. The SMILES string of the molecule is Cc1ccc(CNCc2cc(F)ccc2Cl)cn1. The average molecular weight is 265 g/mol. The molecule has 18 heavy (non-hydrogen) atoms. The van der Waals surface area contributed by atoms with Gasteiger partial charge in [-0.25, -0.2) is 4.39 Å². The van der Waals surface area contributed by atoms with E-state index in [9.17, 15) is 4.39 Å². The van der Waals surface area contributed by atoms with Crippen LogP contribution >= 0.6 is 11.6 Å². The second-order valence-corrected chi connectivity index (χ2v) is 4.55. The first-order valence-corrected chi connectivity index (χ1v) is 6.09. The number of nitrogens with one attached hydrogen (secondary N) is 1. The molecule has 0 aliphatic heterocycles. The van der Waals surface area contributed by atoms with E-state index in [-0.39, 0.29) is 5.82 Å². The van der Waals surface area contributed by atoms with Gasteiger partial charge in [0.05, 0.1) is 0 Å². The molecule has 0 atom stereocenters. The monoisotopic (exact) mass is 264 g/mol. The molecule has 2 nitrogen and oxygen atoms in total. The number of pyridine rings is 1. The lowest BCUT2D eigenvalue weighted by atomic mass is 10.2. The third-order valence-electron chi connectivity index (χ3n) is 2.62. The first kappa shape index (κ1) is 13.0. The fourth-order valence-corrected chi connectivity index (χ4v) is 1.81. The largest absolute Gasteiger partial charge is 0.309 e. The maximum atomic E-state index is 13.0. The van der Waals surface area contributed by atoms with Gasteiger partial charge in [0.1, 0.15) is 5.82 Å². The number of nitrogens with zero attached hydrogens (tertiary/aromatic N) is 1. The molecule has 0 saturated carbocycles. The molecular formula is C14H14ClFN2. The number of hydrogen-bond acceptors (Lipinski definition) is 2. The Hall–Kier alpha value is -1.45. The van der Waals surface area contributed by atoms with Gasteiger partial charge < -0.3 is 5.32 Å². The molecule has 1 N–H and O–H groups in total. The molecule has 0 unspecified atom stereocenters. The highest BCUT2D eigenvalue weighted by atomic mass is 35.5. The molecule has 0 spiro atoms. The molecular weight excluding hydrogens is 251 g/mol. The maximum Gasteiger partial charge on any atom is 0.123 e. The maximum absolute atomic E-state index is 13.0. The van der Waals surface area contributed by atoms with Crippen molar-refractivity contribution >= 4 is 11.6 Å². The molecule has 0 aliphatic rings. The predicted octanol–water partition coefficient (Wildman–Crippen LogP) is 3.47. The van der Waals surface area contributed by atoms with Gasteiger partial charge >= 0.3 is 0 Å². The van der Waals surface area contributed by atoms with Crippen LogP contribution < -0.4 is 5.32 Å². The molecule has 2 rings (SSSR count). The van der Waals surface area contributed by atoms with Crippen molar-refractivity contribution in [3.63, 3.8) is 0 Å². The highest BCUT2D eigenvalue weighted by molar-refractivity contribution is 6.31. The quantitative estimate of drug-likeness (QED) is 0.915. The molecule has 1 aromatic carbocycles. The van der Waals surface area contributed by atoms with E-state index in [0.717, 1.165) is 16.8 Å². The molecule has 0 fully saturated rings. The van der Waals surface area contributed by atoms with Crippen molar-refractivity contribution in [2.24, 2.45) is 0 Å². The molecule has 0 radical (unpaired) electrons. The Bertz CT molecular complexity index is 526. The first-order valence-electron chi connectivity index (χ1n) is 5.71. The smallest absolute Gasteiger partial charge is 0.123 e. The summed E-state index contributed by atoms with van der Waals surface area (Å²) in [6.45, 7) is 3.16. The molecule has 0 bridgehead atoms. The van der Waals surface area contributed by atoms with Crippen LogP contribution in [0, 0.1) is 12.7 Å². The Labute approximate surface area is 111 Å². The van der Waals surface area contributed by atoms with Crippen molar-refractivity contribution in [1.82, 2.24) is 10.3 Å². The Kier molecular flexibility index (Phi) is 4.28. The molecule has 2 aromatic rings. The number of halogens is 2. The normalized spacial score (nSPS) is 10.6. The van der Waals surface area contributed by atoms with Crippen molar-refractivity contribution in [3.05, 3.63) is 64.2 Å². The summed E-state index contributed by atoms with van der Waals surface area (Å²) in [5.41, 5.74) is 2.84. The van der Waals surface area contributed by atoms with E-state index in [1.54, 1.807) is 6.07 Å². The summed E-state index contributed by atoms with van der Waals surface area (Å²) in [6.07, 6.45) is 1.83. The van der Waals surface area contributed by atoms with Gasteiger partial charge in [-0.1, -0.05) is 17.7 Å². The number of rotatable bonds is 4. The van der Waals surface area contributed by atoms with Crippen LogP contribution in [0.4, 0.5) is 4.39 Å². The van der Waals surface area contributed by atoms with Gasteiger partial charge in [0.2, 0.25) is 0 Å². The van der Waals surface area contributed by atoms with E-state index in [4.69, 9.17) is 11.6 Å². The summed E-state index contributed by atoms with van der Waals surface area (Å²) in [5, 5.41) is 3.79. The summed E-state index contributed by atoms with van der Waals surface area (Å²) < 4.78 is 13.0. The van der Waals surface area contributed by atoms with Crippen LogP contribution in [0.2, 0.25) is 5.02 Å². The summed E-state index contributed by atoms with van der Waals surface area (Å²) in [4.78, 5) is 4.21. The summed E-state index contributed by atoms with van der Waals surface area (Å²) >= 11 is 5.98. The zero-order valence-electron chi connectivity index (χ0n) is 10.1. The molecule has 4 heteroatoms. The van der Waals surface area contributed by atoms with Crippen LogP contribution in [0.3, 0.4) is 0 Å². The van der Waals surface area contributed by atoms with Gasteiger partial charge in [-0.2, -0.15) is 0 Å². The lowest BCUT2D eigenvalue weighted by Crippen LogP contribution is -2.13. The molecule has 0 saturated heterocycles. The van der Waals surface area contributed by atoms with Crippen LogP contribution in [0.25, 0.3) is 0 Å². The highest BCUT2D eigenvalue weighted by Crippen LogP contribution is 2.16. The Balaban J connectivity index is 1.92. The van der Waals surface area contributed by atoms with Gasteiger partial charge in [-0.05, 0) is 42.3 Å². The third-order valence-corrected chi connectivity index (χ3v) is 2.99. The Morgan fingerprint density at radius 1 is 1.22 bits per heavy atom. The number of aryl methyl sites for hydroxylation is 1. The zero-order chi connectivity index (χ0) is 13.0. The van der Waals surface area contributed by atoms with Crippen molar-refractivity contribution in [3.8, 4) is 0 Å². The lowest BCUT2D eigenvalue weighted by molar-refractivity contribution is 0.620. The van der Waals surface area contributed by atoms with Crippen LogP contribution in [0.15, 0.2) is 36.5 Å². The minimum absolute atomic E-state index is 0.270. The number of benzene rings is 1. The average Bonchev–Trinajstić information content (AvgIpc) is 2.36. The van der Waals surface area contributed by atoms with E-state index >= 15 is 0 Å². The summed E-state index contributed by atoms with van der Waals surface area (Å²) in [7, 11) is 0. The van der Waals surface area contributed by atoms with E-state index in [2.05, 4.69) is 10.3 Å². The van der Waals surface area contributed by atoms with Crippen molar-refractivity contribution in [2.45, 2.75) is 20.0 Å². The third kappa shape index (κ3) is 3.52. The Morgan fingerprint density at radius 3 is 2.78 bits per heavy atom. The summed E-state index contributed by atoms with van der Waals surface area (Å²) in [6, 6.07) is 8.36. The zero-order valence-corrected chi connectivity index (χ0v) is 10.8. The van der Waals surface area contributed by atoms with Gasteiger partial charge in [-0.15, -0.1) is 0 Å². The highest BCUT2D eigenvalue weighted by Gasteiger charge is 2.02. The minimum Gasteiger partial charge on any atom is -0.309 e. The molecule has 0 aliphatic carbocycles. The van der Waals surface area contributed by atoms with E-state index < -0.39 is 0 Å². The van der Waals surface area contributed by atoms with Gasteiger partial charge in [0.25, 0.3) is 0 Å². The van der Waals surface area contributed by atoms with Crippen molar-refractivity contribution in [2.75, 3.05) is 0 Å². The van der Waals surface area contributed by atoms with E-state index in [1.165, 1.54) is 12.1 Å². The van der Waals surface area contributed by atoms with Crippen LogP contribution in [0.5, 0.6) is 0 Å². The van der Waals surface area contributed by atoms with Crippen molar-refractivity contribution < 1.29 is 4.39 Å². The van der Waals surface area contributed by atoms with E-state index in [1.807, 2.05) is 25.3 Å². The second-order valence-electron chi connectivity index (χ2n) is 4.15. The lowest BCUT2D eigenvalue weighted by Gasteiger charge is -2.07. The van der Waals surface area contributed by atoms with Gasteiger partial charge in [-0.3, -0.25) is 4.98 Å². The molecule has 1 aromatic heterocycles. The predicted molar refractivity (Wildman–Crippen MR) is 70.9 cm³/mol. The molecule has 94 valence electrons. The second kappa shape index (κ2) is 5.94. The fraction of sp³-hybridized carbons (Fsp3) is 0.214. The Morgan fingerprint density at radius 2 is 2.06 bits per heavy atom. The summed E-state index contributed by atoms with van der Waals surface area (Å²) in [5.74, 6) is -0.270. The van der Waals surface area contributed by atoms with Crippen LogP contribution in [0.1, 0.15) is 16.8 Å². The topological polar surface area (TPSA) is 24.9 Å². The van der Waals surface area contributed by atoms with Gasteiger partial charge in [0.15, 0.2) is 0 Å².